The topological polar surface area (TPSA) is 24.1 Å². The third-order valence-corrected chi connectivity index (χ3v) is 4.30. The van der Waals surface area contributed by atoms with Gasteiger partial charge in [0.2, 0.25) is 0 Å². The van der Waals surface area contributed by atoms with Gasteiger partial charge in [0, 0.05) is 19.0 Å². The quantitative estimate of drug-likeness (QED) is 0.721. The number of rotatable bonds is 6. The van der Waals surface area contributed by atoms with Crippen LogP contribution in [-0.4, -0.2) is 31.9 Å². The zero-order valence-electron chi connectivity index (χ0n) is 10.7. The minimum absolute atomic E-state index is 0.237. The molecule has 1 heterocycles. The molecule has 2 nitrogen and oxygen atoms in total. The van der Waals surface area contributed by atoms with Crippen molar-refractivity contribution in [2.24, 2.45) is 11.8 Å². The van der Waals surface area contributed by atoms with Crippen molar-refractivity contribution in [3.8, 4) is 0 Å². The lowest BCUT2D eigenvalue weighted by Gasteiger charge is -2.18. The first-order valence-corrected chi connectivity index (χ1v) is 7.07. The van der Waals surface area contributed by atoms with Gasteiger partial charge in [0.1, 0.15) is 0 Å². The molecule has 0 amide bonds. The Hall–Kier alpha value is -0.290. The first-order chi connectivity index (χ1) is 8.56. The summed E-state index contributed by atoms with van der Waals surface area (Å²) in [4.78, 5) is 0. The molecule has 0 aromatic heterocycles. The molecule has 0 aromatic rings. The van der Waals surface area contributed by atoms with E-state index in [4.69, 9.17) is 0 Å². The van der Waals surface area contributed by atoms with Crippen LogP contribution < -0.4 is 10.6 Å². The Morgan fingerprint density at radius 2 is 2.00 bits per heavy atom. The summed E-state index contributed by atoms with van der Waals surface area (Å²) in [5, 5.41) is 6.83. The molecule has 0 spiro atoms. The highest BCUT2D eigenvalue weighted by Crippen LogP contribution is 2.37. The van der Waals surface area contributed by atoms with Gasteiger partial charge in [-0.2, -0.15) is 13.2 Å². The molecule has 0 bridgehead atoms. The maximum atomic E-state index is 11.9. The fraction of sp³-hybridized carbons (Fsp3) is 1.00. The van der Waals surface area contributed by atoms with E-state index in [0.717, 1.165) is 24.9 Å². The van der Waals surface area contributed by atoms with Crippen molar-refractivity contribution in [3.63, 3.8) is 0 Å². The number of nitrogens with one attached hydrogen (secondary N) is 2. The van der Waals surface area contributed by atoms with E-state index in [1.165, 1.54) is 19.3 Å². The van der Waals surface area contributed by atoms with E-state index in [1.807, 2.05) is 0 Å². The number of fused-ring (bicyclic) bond motifs is 1. The summed E-state index contributed by atoms with van der Waals surface area (Å²) in [6.07, 6.45) is 0.211. The second kappa shape index (κ2) is 6.24. The molecule has 18 heavy (non-hydrogen) atoms. The number of unbranched alkanes of at least 4 members (excludes halogenated alkanes) is 1. The van der Waals surface area contributed by atoms with Crippen molar-refractivity contribution in [3.05, 3.63) is 0 Å². The summed E-state index contributed by atoms with van der Waals surface area (Å²) in [6.45, 7) is 2.74. The maximum absolute atomic E-state index is 11.9. The second-order valence-corrected chi connectivity index (χ2v) is 5.65. The molecule has 3 atom stereocenters. The molecule has 2 N–H and O–H groups in total. The van der Waals surface area contributed by atoms with Gasteiger partial charge in [-0.1, -0.05) is 6.42 Å². The van der Waals surface area contributed by atoms with E-state index in [1.54, 1.807) is 0 Å². The fourth-order valence-electron chi connectivity index (χ4n) is 3.36. The van der Waals surface area contributed by atoms with Gasteiger partial charge in [-0.05, 0) is 50.6 Å². The SMILES string of the molecule is FC(F)(F)CCCCNCC1NCC2CCCC21. The van der Waals surface area contributed by atoms with Crippen molar-refractivity contribution in [1.29, 1.82) is 0 Å². The first kappa shape index (κ1) is 14.1. The lowest BCUT2D eigenvalue weighted by atomic mass is 9.94. The number of hydrogen-bond acceptors (Lipinski definition) is 2. The van der Waals surface area contributed by atoms with E-state index in [0.29, 0.717) is 19.0 Å². The van der Waals surface area contributed by atoms with Crippen LogP contribution in [0, 0.1) is 11.8 Å². The Bertz CT molecular complexity index is 255. The van der Waals surface area contributed by atoms with Crippen molar-refractivity contribution in [1.82, 2.24) is 10.6 Å². The monoisotopic (exact) mass is 264 g/mol. The molecular weight excluding hydrogens is 241 g/mol. The normalized spacial score (nSPS) is 31.8. The van der Waals surface area contributed by atoms with E-state index in [2.05, 4.69) is 10.6 Å². The summed E-state index contributed by atoms with van der Waals surface area (Å²) >= 11 is 0. The van der Waals surface area contributed by atoms with E-state index in [9.17, 15) is 13.2 Å². The smallest absolute Gasteiger partial charge is 0.315 e. The molecule has 106 valence electrons. The predicted octanol–water partition coefficient (Wildman–Crippen LogP) is 2.70. The van der Waals surface area contributed by atoms with Gasteiger partial charge in [0.05, 0.1) is 0 Å². The van der Waals surface area contributed by atoms with Gasteiger partial charge in [0.25, 0.3) is 0 Å². The molecule has 0 radical (unpaired) electrons. The summed E-state index contributed by atoms with van der Waals surface area (Å²) in [5.41, 5.74) is 0. The van der Waals surface area contributed by atoms with Crippen LogP contribution in [0.4, 0.5) is 13.2 Å². The zero-order valence-corrected chi connectivity index (χ0v) is 10.7. The lowest BCUT2D eigenvalue weighted by molar-refractivity contribution is -0.135. The van der Waals surface area contributed by atoms with E-state index >= 15 is 0 Å². The average molecular weight is 264 g/mol. The lowest BCUT2D eigenvalue weighted by Crippen LogP contribution is -2.38. The van der Waals surface area contributed by atoms with Gasteiger partial charge in [0.15, 0.2) is 0 Å². The molecule has 2 rings (SSSR count). The Labute approximate surface area is 107 Å². The molecule has 3 unspecified atom stereocenters. The van der Waals surface area contributed by atoms with Crippen molar-refractivity contribution in [2.75, 3.05) is 19.6 Å². The predicted molar refractivity (Wildman–Crippen MR) is 65.4 cm³/mol. The number of alkyl halides is 3. The van der Waals surface area contributed by atoms with Gasteiger partial charge in [-0.25, -0.2) is 0 Å². The molecule has 1 aliphatic carbocycles. The fourth-order valence-corrected chi connectivity index (χ4v) is 3.36. The van der Waals surface area contributed by atoms with Crippen LogP contribution in [0.25, 0.3) is 0 Å². The summed E-state index contributed by atoms with van der Waals surface area (Å²) < 4.78 is 35.8. The summed E-state index contributed by atoms with van der Waals surface area (Å²) in [6, 6.07) is 0.542. The molecule has 1 saturated carbocycles. The zero-order chi connectivity index (χ0) is 13.0. The Balaban J connectivity index is 1.51. The highest BCUT2D eigenvalue weighted by molar-refractivity contribution is 4.94. The second-order valence-electron chi connectivity index (χ2n) is 5.65. The molecule has 0 aromatic carbocycles. The highest BCUT2D eigenvalue weighted by atomic mass is 19.4. The summed E-state index contributed by atoms with van der Waals surface area (Å²) in [7, 11) is 0. The highest BCUT2D eigenvalue weighted by Gasteiger charge is 2.38. The van der Waals surface area contributed by atoms with Crippen molar-refractivity contribution < 1.29 is 13.2 Å². The maximum Gasteiger partial charge on any atom is 0.389 e. The molecule has 1 saturated heterocycles. The standard InChI is InChI=1S/C13H23F3N2/c14-13(15,16)6-1-2-7-17-9-12-11-5-3-4-10(11)8-18-12/h10-12,17-18H,1-9H2. The van der Waals surface area contributed by atoms with Crippen LogP contribution in [0.1, 0.15) is 38.5 Å². The van der Waals surface area contributed by atoms with Crippen LogP contribution in [-0.2, 0) is 0 Å². The van der Waals surface area contributed by atoms with Crippen LogP contribution in [0.3, 0.4) is 0 Å². The minimum atomic E-state index is -4.00. The third-order valence-electron chi connectivity index (χ3n) is 4.30. The Kier molecular flexibility index (Phi) is 4.90. The summed E-state index contributed by atoms with van der Waals surface area (Å²) in [5.74, 6) is 1.65. The van der Waals surface area contributed by atoms with Crippen LogP contribution in [0.5, 0.6) is 0 Å². The van der Waals surface area contributed by atoms with Gasteiger partial charge < -0.3 is 10.6 Å². The molecular formula is C13H23F3N2. The number of hydrogen-bond donors (Lipinski definition) is 2. The average Bonchev–Trinajstić information content (AvgIpc) is 2.85. The Morgan fingerprint density at radius 1 is 1.17 bits per heavy atom. The van der Waals surface area contributed by atoms with Crippen molar-refractivity contribution in [2.45, 2.75) is 50.7 Å². The van der Waals surface area contributed by atoms with Gasteiger partial charge in [-0.3, -0.25) is 0 Å². The first-order valence-electron chi connectivity index (χ1n) is 7.07. The molecule has 2 aliphatic rings. The van der Waals surface area contributed by atoms with Gasteiger partial charge >= 0.3 is 6.18 Å². The van der Waals surface area contributed by atoms with Crippen molar-refractivity contribution >= 4 is 0 Å². The molecule has 1 aliphatic heterocycles. The largest absolute Gasteiger partial charge is 0.389 e. The van der Waals surface area contributed by atoms with E-state index in [-0.39, 0.29) is 6.42 Å². The van der Waals surface area contributed by atoms with Crippen LogP contribution in [0.2, 0.25) is 0 Å². The Morgan fingerprint density at radius 3 is 2.78 bits per heavy atom. The molecule has 5 heteroatoms. The third kappa shape index (κ3) is 4.12. The minimum Gasteiger partial charge on any atom is -0.315 e. The van der Waals surface area contributed by atoms with E-state index < -0.39 is 12.6 Å². The molecule has 2 fully saturated rings. The van der Waals surface area contributed by atoms with Gasteiger partial charge in [-0.15, -0.1) is 0 Å². The van der Waals surface area contributed by atoms with Crippen LogP contribution in [0.15, 0.2) is 0 Å². The van der Waals surface area contributed by atoms with Crippen LogP contribution >= 0.6 is 0 Å². The number of halogens is 3.